The van der Waals surface area contributed by atoms with Crippen LogP contribution in [0.25, 0.3) is 0 Å². The van der Waals surface area contributed by atoms with Gasteiger partial charge in [0, 0.05) is 5.69 Å². The molecule has 1 aliphatic rings. The van der Waals surface area contributed by atoms with Gasteiger partial charge in [-0.05, 0) is 48.9 Å². The zero-order valence-electron chi connectivity index (χ0n) is 14.9. The van der Waals surface area contributed by atoms with Gasteiger partial charge in [0.25, 0.3) is 0 Å². The second-order valence-corrected chi connectivity index (χ2v) is 6.44. The number of anilines is 2. The summed E-state index contributed by atoms with van der Waals surface area (Å²) in [7, 11) is 0. The molecule has 2 aromatic carbocycles. The number of nitrogens with one attached hydrogen (secondary N) is 1. The molecule has 0 fully saturated rings. The molecule has 27 heavy (non-hydrogen) atoms. The fraction of sp³-hybridized carbons (Fsp3) is 0.200. The van der Waals surface area contributed by atoms with E-state index in [-0.39, 0.29) is 5.82 Å². The maximum absolute atomic E-state index is 13.1. The Morgan fingerprint density at radius 3 is 2.59 bits per heavy atom. The van der Waals surface area contributed by atoms with Crippen LogP contribution in [0.15, 0.2) is 71.7 Å². The van der Waals surface area contributed by atoms with E-state index in [4.69, 9.17) is 22.7 Å². The number of halogens is 1. The first-order valence-electron chi connectivity index (χ1n) is 8.68. The van der Waals surface area contributed by atoms with Crippen molar-refractivity contribution in [2.24, 2.45) is 16.8 Å². The number of amidine groups is 1. The highest BCUT2D eigenvalue weighted by Gasteiger charge is 2.27. The van der Waals surface area contributed by atoms with E-state index in [1.165, 1.54) is 12.1 Å². The first kappa shape index (κ1) is 18.8. The molecule has 0 saturated heterocycles. The Labute approximate surface area is 163 Å². The van der Waals surface area contributed by atoms with Crippen molar-refractivity contribution in [3.05, 3.63) is 72.4 Å². The highest BCUT2D eigenvalue weighted by molar-refractivity contribution is 7.80. The number of para-hydroxylation sites is 1. The molecule has 2 aromatic rings. The number of ether oxygens (including phenoxy) is 1. The standard InChI is InChI=1S/C20H21FN4OS/c1-2-12-26-18-13-17(20(27)23-15-10-8-14(21)9-11-15)19(22)24-25(18)16-6-4-3-5-7-16/h3-11,13,17H,2,12H2,1H3,(H2,22,24)(H,23,27). The lowest BCUT2D eigenvalue weighted by molar-refractivity contribution is 0.202. The Hall–Kier alpha value is -2.93. The molecular weight excluding hydrogens is 363 g/mol. The average Bonchev–Trinajstić information content (AvgIpc) is 2.69. The summed E-state index contributed by atoms with van der Waals surface area (Å²) in [6.45, 7) is 2.58. The van der Waals surface area contributed by atoms with Crippen LogP contribution >= 0.6 is 12.2 Å². The van der Waals surface area contributed by atoms with Crippen molar-refractivity contribution < 1.29 is 9.13 Å². The van der Waals surface area contributed by atoms with Crippen LogP contribution in [0.4, 0.5) is 15.8 Å². The summed E-state index contributed by atoms with van der Waals surface area (Å²) in [6, 6.07) is 15.6. The van der Waals surface area contributed by atoms with Crippen molar-refractivity contribution in [1.29, 1.82) is 0 Å². The highest BCUT2D eigenvalue weighted by atomic mass is 32.1. The van der Waals surface area contributed by atoms with E-state index in [1.54, 1.807) is 17.1 Å². The lowest BCUT2D eigenvalue weighted by Gasteiger charge is -2.29. The van der Waals surface area contributed by atoms with Crippen LogP contribution in [0.1, 0.15) is 13.3 Å². The van der Waals surface area contributed by atoms with Crippen LogP contribution in [-0.4, -0.2) is 17.4 Å². The van der Waals surface area contributed by atoms with E-state index in [0.717, 1.165) is 12.1 Å². The number of rotatable bonds is 6. The van der Waals surface area contributed by atoms with Crippen molar-refractivity contribution in [3.63, 3.8) is 0 Å². The molecule has 140 valence electrons. The number of benzene rings is 2. The van der Waals surface area contributed by atoms with Gasteiger partial charge < -0.3 is 15.8 Å². The van der Waals surface area contributed by atoms with E-state index in [1.807, 2.05) is 43.3 Å². The summed E-state index contributed by atoms with van der Waals surface area (Å²) < 4.78 is 19.0. The fourth-order valence-corrected chi connectivity index (χ4v) is 2.87. The molecule has 1 aliphatic heterocycles. The fourth-order valence-electron chi connectivity index (χ4n) is 2.56. The lowest BCUT2D eigenvalue weighted by Crippen LogP contribution is -2.39. The van der Waals surface area contributed by atoms with Crippen LogP contribution in [0, 0.1) is 11.7 Å². The van der Waals surface area contributed by atoms with Crippen LogP contribution < -0.4 is 16.1 Å². The largest absolute Gasteiger partial charge is 0.478 e. The molecule has 0 saturated carbocycles. The highest BCUT2D eigenvalue weighted by Crippen LogP contribution is 2.26. The number of nitrogens with two attached hydrogens (primary N) is 1. The molecule has 0 radical (unpaired) electrons. The number of thiocarbonyl (C=S) groups is 1. The van der Waals surface area contributed by atoms with E-state index in [2.05, 4.69) is 10.4 Å². The minimum absolute atomic E-state index is 0.307. The van der Waals surface area contributed by atoms with Crippen LogP contribution in [0.2, 0.25) is 0 Å². The predicted octanol–water partition coefficient (Wildman–Crippen LogP) is 4.24. The zero-order valence-corrected chi connectivity index (χ0v) is 15.7. The van der Waals surface area contributed by atoms with Crippen LogP contribution in [-0.2, 0) is 4.74 Å². The third kappa shape index (κ3) is 4.62. The van der Waals surface area contributed by atoms with Gasteiger partial charge in [-0.15, -0.1) is 0 Å². The minimum atomic E-state index is -0.420. The molecule has 0 aromatic heterocycles. The molecule has 1 heterocycles. The monoisotopic (exact) mass is 384 g/mol. The Morgan fingerprint density at radius 1 is 1.22 bits per heavy atom. The molecule has 1 atom stereocenters. The van der Waals surface area contributed by atoms with Gasteiger partial charge in [0.2, 0.25) is 5.88 Å². The molecule has 0 amide bonds. The minimum Gasteiger partial charge on any atom is -0.478 e. The molecule has 3 rings (SSSR count). The summed E-state index contributed by atoms with van der Waals surface area (Å²) in [6.07, 6.45) is 2.71. The number of hydrogen-bond acceptors (Lipinski definition) is 5. The number of hydrogen-bond donors (Lipinski definition) is 2. The summed E-state index contributed by atoms with van der Waals surface area (Å²) in [5, 5.41) is 9.25. The van der Waals surface area contributed by atoms with Gasteiger partial charge in [0.1, 0.15) is 11.7 Å². The summed E-state index contributed by atoms with van der Waals surface area (Å²) in [5.41, 5.74) is 7.73. The Bertz CT molecular complexity index is 852. The molecule has 5 nitrogen and oxygen atoms in total. The smallest absolute Gasteiger partial charge is 0.212 e. The van der Waals surface area contributed by atoms with Gasteiger partial charge in [-0.2, -0.15) is 10.1 Å². The second kappa shape index (κ2) is 8.64. The van der Waals surface area contributed by atoms with Crippen molar-refractivity contribution in [1.82, 2.24) is 0 Å². The maximum atomic E-state index is 13.1. The Morgan fingerprint density at radius 2 is 1.93 bits per heavy atom. The molecule has 7 heteroatoms. The van der Waals surface area contributed by atoms with E-state index < -0.39 is 5.92 Å². The SMILES string of the molecule is CCCOC1=CC(C(=S)Nc2ccc(F)cc2)C(N)=NN1c1ccccc1. The van der Waals surface area contributed by atoms with E-state index in [9.17, 15) is 4.39 Å². The molecule has 3 N–H and O–H groups in total. The van der Waals surface area contributed by atoms with E-state index >= 15 is 0 Å². The van der Waals surface area contributed by atoms with Crippen LogP contribution in [0.5, 0.6) is 0 Å². The van der Waals surface area contributed by atoms with Crippen molar-refractivity contribution in [2.75, 3.05) is 16.9 Å². The van der Waals surface area contributed by atoms with Gasteiger partial charge in [-0.1, -0.05) is 37.3 Å². The second-order valence-electron chi connectivity index (χ2n) is 6.00. The predicted molar refractivity (Wildman–Crippen MR) is 111 cm³/mol. The maximum Gasteiger partial charge on any atom is 0.212 e. The summed E-state index contributed by atoms with van der Waals surface area (Å²) >= 11 is 5.50. The topological polar surface area (TPSA) is 62.9 Å². The van der Waals surface area contributed by atoms with Gasteiger partial charge in [-0.3, -0.25) is 0 Å². The molecule has 0 aliphatic carbocycles. The molecule has 0 spiro atoms. The molecular formula is C20H21FN4OS. The molecule has 0 bridgehead atoms. The number of hydrazone groups is 1. The first-order chi connectivity index (χ1) is 13.1. The lowest BCUT2D eigenvalue weighted by atomic mass is 10.1. The quantitative estimate of drug-likeness (QED) is 0.730. The van der Waals surface area contributed by atoms with Gasteiger partial charge in [0.05, 0.1) is 23.2 Å². The van der Waals surface area contributed by atoms with Crippen molar-refractivity contribution in [2.45, 2.75) is 13.3 Å². The Balaban J connectivity index is 1.84. The van der Waals surface area contributed by atoms with Gasteiger partial charge in [-0.25, -0.2) is 4.39 Å². The van der Waals surface area contributed by atoms with Gasteiger partial charge in [0.15, 0.2) is 0 Å². The van der Waals surface area contributed by atoms with Crippen molar-refractivity contribution in [3.8, 4) is 0 Å². The third-order valence-electron chi connectivity index (χ3n) is 3.90. The molecule has 1 unspecified atom stereocenters. The normalized spacial score (nSPS) is 16.4. The summed E-state index contributed by atoms with van der Waals surface area (Å²) in [4.78, 5) is 0.466. The zero-order chi connectivity index (χ0) is 19.2. The Kier molecular flexibility index (Phi) is 6.03. The summed E-state index contributed by atoms with van der Waals surface area (Å²) in [5.74, 6) is 0.198. The van der Waals surface area contributed by atoms with Gasteiger partial charge >= 0.3 is 0 Å². The first-order valence-corrected chi connectivity index (χ1v) is 9.09. The number of nitrogens with zero attached hydrogens (tertiary/aromatic N) is 2. The average molecular weight is 384 g/mol. The van der Waals surface area contributed by atoms with Crippen LogP contribution in [0.3, 0.4) is 0 Å². The van der Waals surface area contributed by atoms with E-state index in [0.29, 0.717) is 29.0 Å². The third-order valence-corrected chi connectivity index (χ3v) is 4.26. The van der Waals surface area contributed by atoms with Crippen molar-refractivity contribution >= 4 is 34.4 Å².